The lowest BCUT2D eigenvalue weighted by atomic mass is 10.1. The summed E-state index contributed by atoms with van der Waals surface area (Å²) in [6, 6.07) is 13.3. The predicted octanol–water partition coefficient (Wildman–Crippen LogP) is 5.24. The maximum atomic E-state index is 12.7. The van der Waals surface area contributed by atoms with E-state index >= 15 is 0 Å². The molecule has 0 saturated carbocycles. The third kappa shape index (κ3) is 3.66. The van der Waals surface area contributed by atoms with Crippen LogP contribution in [0.3, 0.4) is 0 Å². The van der Waals surface area contributed by atoms with Gasteiger partial charge >= 0.3 is 0 Å². The van der Waals surface area contributed by atoms with E-state index in [1.165, 1.54) is 0 Å². The first-order valence-corrected chi connectivity index (χ1v) is 7.86. The molecule has 1 atom stereocenters. The van der Waals surface area contributed by atoms with Gasteiger partial charge in [0.1, 0.15) is 0 Å². The molecule has 0 aliphatic heterocycles. The monoisotopic (exact) mass is 365 g/mol. The Hall–Kier alpha value is -1.32. The molecule has 0 aliphatic rings. The number of benzene rings is 2. The number of amides is 1. The maximum absolute atomic E-state index is 12.7. The Morgan fingerprint density at radius 3 is 2.43 bits per heavy atom. The fourth-order valence-corrected chi connectivity index (χ4v) is 2.68. The highest BCUT2D eigenvalue weighted by molar-refractivity contribution is 9.10. The van der Waals surface area contributed by atoms with Crippen molar-refractivity contribution in [2.75, 3.05) is 7.05 Å². The van der Waals surface area contributed by atoms with E-state index in [0.29, 0.717) is 10.6 Å². The molecule has 0 saturated heterocycles. The molecule has 0 aromatic heterocycles. The van der Waals surface area contributed by atoms with Gasteiger partial charge < -0.3 is 4.90 Å². The maximum Gasteiger partial charge on any atom is 0.255 e. The van der Waals surface area contributed by atoms with Crippen LogP contribution in [0, 0.1) is 6.92 Å². The Morgan fingerprint density at radius 2 is 1.81 bits per heavy atom. The largest absolute Gasteiger partial charge is 0.335 e. The van der Waals surface area contributed by atoms with Crippen LogP contribution in [0.25, 0.3) is 0 Å². The Balaban J connectivity index is 2.26. The summed E-state index contributed by atoms with van der Waals surface area (Å²) in [5.41, 5.74) is 2.80. The lowest BCUT2D eigenvalue weighted by molar-refractivity contribution is 0.0741. The Labute approximate surface area is 138 Å². The molecule has 2 rings (SSSR count). The fourth-order valence-electron chi connectivity index (χ4n) is 2.13. The van der Waals surface area contributed by atoms with E-state index in [0.717, 1.165) is 15.6 Å². The van der Waals surface area contributed by atoms with Crippen LogP contribution in [-0.2, 0) is 0 Å². The number of hydrogen-bond donors (Lipinski definition) is 0. The minimum atomic E-state index is -0.0258. The molecule has 0 aliphatic carbocycles. The normalized spacial score (nSPS) is 12.0. The third-order valence-electron chi connectivity index (χ3n) is 3.61. The number of hydrogen-bond acceptors (Lipinski definition) is 1. The van der Waals surface area contributed by atoms with Crippen LogP contribution in [0.2, 0.25) is 5.02 Å². The Kier molecular flexibility index (Phi) is 5.07. The summed E-state index contributed by atoms with van der Waals surface area (Å²) in [6.45, 7) is 3.98. The van der Waals surface area contributed by atoms with Gasteiger partial charge in [-0.1, -0.05) is 35.4 Å². The van der Waals surface area contributed by atoms with E-state index in [9.17, 15) is 4.79 Å². The van der Waals surface area contributed by atoms with Crippen molar-refractivity contribution in [2.45, 2.75) is 19.9 Å². The third-order valence-corrected chi connectivity index (χ3v) is 4.55. The first-order chi connectivity index (χ1) is 9.90. The van der Waals surface area contributed by atoms with Gasteiger partial charge in [-0.3, -0.25) is 4.79 Å². The first-order valence-electron chi connectivity index (χ1n) is 6.69. The molecular formula is C17H17BrClNO. The van der Waals surface area contributed by atoms with E-state index < -0.39 is 0 Å². The second-order valence-electron chi connectivity index (χ2n) is 5.13. The second-order valence-corrected chi connectivity index (χ2v) is 6.42. The lowest BCUT2D eigenvalue weighted by Gasteiger charge is -2.26. The zero-order valence-corrected chi connectivity index (χ0v) is 14.6. The van der Waals surface area contributed by atoms with Crippen molar-refractivity contribution in [3.8, 4) is 0 Å². The van der Waals surface area contributed by atoms with Gasteiger partial charge in [0.05, 0.1) is 11.6 Å². The second kappa shape index (κ2) is 6.63. The van der Waals surface area contributed by atoms with Crippen molar-refractivity contribution in [2.24, 2.45) is 0 Å². The van der Waals surface area contributed by atoms with Crippen molar-refractivity contribution in [3.05, 3.63) is 68.7 Å². The summed E-state index contributed by atoms with van der Waals surface area (Å²) in [5, 5.41) is 0.696. The number of nitrogens with zero attached hydrogens (tertiary/aromatic N) is 1. The van der Waals surface area contributed by atoms with Crippen LogP contribution in [-0.4, -0.2) is 17.9 Å². The molecule has 0 bridgehead atoms. The zero-order chi connectivity index (χ0) is 15.6. The quantitative estimate of drug-likeness (QED) is 0.727. The van der Waals surface area contributed by atoms with Crippen LogP contribution in [0.15, 0.2) is 46.9 Å². The number of rotatable bonds is 3. The average Bonchev–Trinajstić information content (AvgIpc) is 2.48. The molecule has 0 heterocycles. The highest BCUT2D eigenvalue weighted by atomic mass is 79.9. The van der Waals surface area contributed by atoms with E-state index in [4.69, 9.17) is 11.6 Å². The zero-order valence-electron chi connectivity index (χ0n) is 12.2. The van der Waals surface area contributed by atoms with Crippen molar-refractivity contribution < 1.29 is 4.79 Å². The molecule has 0 fully saturated rings. The predicted molar refractivity (Wildman–Crippen MR) is 90.8 cm³/mol. The van der Waals surface area contributed by atoms with Gasteiger partial charge in [0.15, 0.2) is 0 Å². The molecule has 110 valence electrons. The van der Waals surface area contributed by atoms with Gasteiger partial charge in [-0.05, 0) is 59.6 Å². The fraction of sp³-hybridized carbons (Fsp3) is 0.235. The van der Waals surface area contributed by atoms with Gasteiger partial charge in [0.2, 0.25) is 0 Å². The standard InChI is InChI=1S/C17H17BrClNO/c1-11-4-9-16(18)15(10-11)17(21)20(3)12(2)13-5-7-14(19)8-6-13/h4-10,12H,1-3H3. The van der Waals surface area contributed by atoms with E-state index in [2.05, 4.69) is 15.9 Å². The van der Waals surface area contributed by atoms with Gasteiger partial charge in [-0.15, -0.1) is 0 Å². The van der Waals surface area contributed by atoms with Gasteiger partial charge in [-0.25, -0.2) is 0 Å². The minimum Gasteiger partial charge on any atom is -0.335 e. The summed E-state index contributed by atoms with van der Waals surface area (Å²) in [6.07, 6.45) is 0. The molecule has 1 unspecified atom stereocenters. The Bertz CT molecular complexity index is 654. The number of aryl methyl sites for hydroxylation is 1. The van der Waals surface area contributed by atoms with Crippen LogP contribution >= 0.6 is 27.5 Å². The molecule has 2 aromatic rings. The molecular weight excluding hydrogens is 350 g/mol. The topological polar surface area (TPSA) is 20.3 Å². The Morgan fingerprint density at radius 1 is 1.19 bits per heavy atom. The van der Waals surface area contributed by atoms with Crippen LogP contribution < -0.4 is 0 Å². The molecule has 1 amide bonds. The minimum absolute atomic E-state index is 0.00646. The van der Waals surface area contributed by atoms with E-state index in [-0.39, 0.29) is 11.9 Å². The van der Waals surface area contributed by atoms with Gasteiger partial charge in [0.25, 0.3) is 5.91 Å². The number of carbonyl (C=O) groups excluding carboxylic acids is 1. The van der Waals surface area contributed by atoms with Gasteiger partial charge in [0, 0.05) is 16.5 Å². The molecule has 0 radical (unpaired) electrons. The number of halogens is 2. The molecule has 2 nitrogen and oxygen atoms in total. The molecule has 0 spiro atoms. The summed E-state index contributed by atoms with van der Waals surface area (Å²) >= 11 is 9.36. The summed E-state index contributed by atoms with van der Waals surface area (Å²) in [5.74, 6) is -0.00646. The van der Waals surface area contributed by atoms with Crippen LogP contribution in [0.1, 0.15) is 34.5 Å². The highest BCUT2D eigenvalue weighted by Gasteiger charge is 2.20. The van der Waals surface area contributed by atoms with Crippen molar-refractivity contribution in [1.29, 1.82) is 0 Å². The molecule has 4 heteroatoms. The van der Waals surface area contributed by atoms with Crippen LogP contribution in [0.4, 0.5) is 0 Å². The van der Waals surface area contributed by atoms with Crippen molar-refractivity contribution in [3.63, 3.8) is 0 Å². The molecule has 2 aromatic carbocycles. The average molecular weight is 367 g/mol. The smallest absolute Gasteiger partial charge is 0.255 e. The first kappa shape index (κ1) is 16.1. The van der Waals surface area contributed by atoms with Crippen LogP contribution in [0.5, 0.6) is 0 Å². The number of carbonyl (C=O) groups is 1. The lowest BCUT2D eigenvalue weighted by Crippen LogP contribution is -2.30. The highest BCUT2D eigenvalue weighted by Crippen LogP contribution is 2.25. The summed E-state index contributed by atoms with van der Waals surface area (Å²) < 4.78 is 0.813. The summed E-state index contributed by atoms with van der Waals surface area (Å²) in [7, 11) is 1.82. The van der Waals surface area contributed by atoms with Gasteiger partial charge in [-0.2, -0.15) is 0 Å². The van der Waals surface area contributed by atoms with Crippen molar-refractivity contribution in [1.82, 2.24) is 4.90 Å². The molecule has 21 heavy (non-hydrogen) atoms. The van der Waals surface area contributed by atoms with E-state index in [1.807, 2.05) is 63.4 Å². The van der Waals surface area contributed by atoms with E-state index in [1.54, 1.807) is 4.90 Å². The molecule has 0 N–H and O–H groups in total. The summed E-state index contributed by atoms with van der Waals surface area (Å²) in [4.78, 5) is 14.4. The van der Waals surface area contributed by atoms with Crippen molar-refractivity contribution >= 4 is 33.4 Å². The SMILES string of the molecule is Cc1ccc(Br)c(C(=O)N(C)C(C)c2ccc(Cl)cc2)c1.